The Morgan fingerprint density at radius 3 is 3.09 bits per heavy atom. The minimum atomic E-state index is 0.125. The molecule has 0 aliphatic carbocycles. The number of benzene rings is 1. The molecule has 2 aromatic rings. The quantitative estimate of drug-likeness (QED) is 0.942. The first-order chi connectivity index (χ1) is 10.7. The number of aryl methyl sites for hydroxylation is 1. The van der Waals surface area contributed by atoms with Crippen LogP contribution in [0.5, 0.6) is 5.75 Å². The number of nitrogens with zero attached hydrogens (tertiary/aromatic N) is 1. The van der Waals surface area contributed by atoms with Gasteiger partial charge in [-0.1, -0.05) is 6.07 Å². The number of carbonyl (C=O) groups excluding carboxylic acids is 1. The molecule has 0 saturated carbocycles. The molecule has 0 fully saturated rings. The van der Waals surface area contributed by atoms with E-state index in [0.29, 0.717) is 6.54 Å². The molecule has 0 saturated heterocycles. The van der Waals surface area contributed by atoms with Gasteiger partial charge in [0.05, 0.1) is 19.3 Å². The Balaban J connectivity index is 1.62. The predicted octanol–water partition coefficient (Wildman–Crippen LogP) is 3.06. The fourth-order valence-corrected chi connectivity index (χ4v) is 3.59. The summed E-state index contributed by atoms with van der Waals surface area (Å²) in [6.07, 6.45) is 0.965. The maximum atomic E-state index is 12.4. The van der Waals surface area contributed by atoms with E-state index >= 15 is 0 Å². The number of nitrogens with one attached hydrogen (secondary N) is 1. The normalized spacial score (nSPS) is 13.6. The van der Waals surface area contributed by atoms with E-state index in [9.17, 15) is 4.79 Å². The van der Waals surface area contributed by atoms with Gasteiger partial charge in [0.15, 0.2) is 0 Å². The molecule has 116 valence electrons. The van der Waals surface area contributed by atoms with E-state index in [1.165, 1.54) is 10.4 Å². The number of carbonyl (C=O) groups is 1. The van der Waals surface area contributed by atoms with Gasteiger partial charge >= 0.3 is 0 Å². The molecule has 0 atom stereocenters. The Bertz CT molecular complexity index is 681. The fourth-order valence-electron chi connectivity index (χ4n) is 2.70. The molecule has 1 amide bonds. The first kappa shape index (κ1) is 14.9. The van der Waals surface area contributed by atoms with Gasteiger partial charge in [-0.25, -0.2) is 0 Å². The van der Waals surface area contributed by atoms with Crippen molar-refractivity contribution in [1.29, 1.82) is 0 Å². The van der Waals surface area contributed by atoms with E-state index in [4.69, 9.17) is 4.74 Å². The van der Waals surface area contributed by atoms with Gasteiger partial charge in [-0.2, -0.15) is 0 Å². The van der Waals surface area contributed by atoms with Gasteiger partial charge in [0, 0.05) is 18.0 Å². The second kappa shape index (κ2) is 6.40. The van der Waals surface area contributed by atoms with E-state index in [1.54, 1.807) is 18.4 Å². The van der Waals surface area contributed by atoms with Crippen LogP contribution in [0.2, 0.25) is 0 Å². The highest BCUT2D eigenvalue weighted by Gasteiger charge is 2.21. The molecule has 3 rings (SSSR count). The van der Waals surface area contributed by atoms with E-state index in [1.807, 2.05) is 30.0 Å². The van der Waals surface area contributed by atoms with Crippen LogP contribution in [-0.2, 0) is 17.8 Å². The van der Waals surface area contributed by atoms with Crippen LogP contribution in [-0.4, -0.2) is 31.0 Å². The first-order valence-corrected chi connectivity index (χ1v) is 8.27. The van der Waals surface area contributed by atoms with Crippen molar-refractivity contribution in [3.63, 3.8) is 0 Å². The van der Waals surface area contributed by atoms with Gasteiger partial charge in [-0.05, 0) is 48.1 Å². The summed E-state index contributed by atoms with van der Waals surface area (Å²) in [5, 5.41) is 5.31. The summed E-state index contributed by atoms with van der Waals surface area (Å²) in [5.74, 6) is 0.887. The second-order valence-corrected chi connectivity index (χ2v) is 6.49. The van der Waals surface area contributed by atoms with Gasteiger partial charge in [0.1, 0.15) is 5.75 Å². The summed E-state index contributed by atoms with van der Waals surface area (Å²) in [6, 6.07) is 8.03. The number of thiophene rings is 1. The van der Waals surface area contributed by atoms with Gasteiger partial charge < -0.3 is 15.0 Å². The van der Waals surface area contributed by atoms with Gasteiger partial charge in [0.25, 0.3) is 0 Å². The second-order valence-electron chi connectivity index (χ2n) is 5.49. The van der Waals surface area contributed by atoms with Crippen molar-refractivity contribution < 1.29 is 9.53 Å². The molecule has 1 aromatic heterocycles. The fraction of sp³-hybridized carbons (Fsp3) is 0.353. The smallest absolute Gasteiger partial charge is 0.242 e. The average Bonchev–Trinajstić information content (AvgIpc) is 3.00. The van der Waals surface area contributed by atoms with Crippen LogP contribution in [0.1, 0.15) is 16.0 Å². The molecule has 0 radical (unpaired) electrons. The van der Waals surface area contributed by atoms with Gasteiger partial charge in [-0.15, -0.1) is 11.3 Å². The number of hydrogen-bond donors (Lipinski definition) is 1. The van der Waals surface area contributed by atoms with Crippen LogP contribution < -0.4 is 10.1 Å². The summed E-state index contributed by atoms with van der Waals surface area (Å²) in [4.78, 5) is 15.7. The number of ether oxygens (including phenoxy) is 1. The Morgan fingerprint density at radius 2 is 2.27 bits per heavy atom. The molecule has 0 bridgehead atoms. The van der Waals surface area contributed by atoms with E-state index in [-0.39, 0.29) is 5.91 Å². The first-order valence-electron chi connectivity index (χ1n) is 7.39. The lowest BCUT2D eigenvalue weighted by Gasteiger charge is -2.27. The largest absolute Gasteiger partial charge is 0.495 e. The van der Waals surface area contributed by atoms with Crippen molar-refractivity contribution in [3.8, 4) is 5.75 Å². The zero-order valence-electron chi connectivity index (χ0n) is 12.9. The third-order valence-corrected chi connectivity index (χ3v) is 4.97. The Hall–Kier alpha value is -2.01. The highest BCUT2D eigenvalue weighted by molar-refractivity contribution is 7.10. The minimum Gasteiger partial charge on any atom is -0.495 e. The van der Waals surface area contributed by atoms with Crippen molar-refractivity contribution in [1.82, 2.24) is 4.90 Å². The van der Waals surface area contributed by atoms with Gasteiger partial charge in [-0.3, -0.25) is 4.79 Å². The minimum absolute atomic E-state index is 0.125. The van der Waals surface area contributed by atoms with Crippen molar-refractivity contribution >= 4 is 22.9 Å². The topological polar surface area (TPSA) is 41.6 Å². The molecular formula is C17H20N2O2S. The number of rotatable bonds is 4. The monoisotopic (exact) mass is 316 g/mol. The standard InChI is InChI=1S/C17H20N2O2S/c1-12-3-4-15(21-2)14(9-12)18-10-17(20)19-7-5-16-13(11-19)6-8-22-16/h3-4,6,8-9,18H,5,7,10-11H2,1-2H3. The summed E-state index contributed by atoms with van der Waals surface area (Å²) < 4.78 is 5.33. The zero-order chi connectivity index (χ0) is 15.5. The van der Waals surface area contributed by atoms with Crippen LogP contribution in [0.15, 0.2) is 29.6 Å². The predicted molar refractivity (Wildman–Crippen MR) is 89.7 cm³/mol. The summed E-state index contributed by atoms with van der Waals surface area (Å²) >= 11 is 1.79. The molecule has 1 aromatic carbocycles. The lowest BCUT2D eigenvalue weighted by Crippen LogP contribution is -2.38. The third kappa shape index (κ3) is 3.09. The van der Waals surface area contributed by atoms with Crippen LogP contribution >= 0.6 is 11.3 Å². The number of amides is 1. The molecule has 2 heterocycles. The maximum absolute atomic E-state index is 12.4. The highest BCUT2D eigenvalue weighted by Crippen LogP contribution is 2.26. The van der Waals surface area contributed by atoms with Crippen molar-refractivity contribution in [2.75, 3.05) is 25.5 Å². The highest BCUT2D eigenvalue weighted by atomic mass is 32.1. The Labute approximate surface area is 134 Å². The van der Waals surface area contributed by atoms with Crippen molar-refractivity contribution in [2.45, 2.75) is 19.9 Å². The van der Waals surface area contributed by atoms with Crippen molar-refractivity contribution in [2.24, 2.45) is 0 Å². The lowest BCUT2D eigenvalue weighted by molar-refractivity contribution is -0.130. The molecule has 4 nitrogen and oxygen atoms in total. The average molecular weight is 316 g/mol. The van der Waals surface area contributed by atoms with E-state index in [2.05, 4.69) is 16.8 Å². The van der Waals surface area contributed by atoms with Crippen LogP contribution in [0.4, 0.5) is 5.69 Å². The number of hydrogen-bond acceptors (Lipinski definition) is 4. The molecule has 1 aliphatic heterocycles. The number of anilines is 1. The molecule has 0 unspecified atom stereocenters. The zero-order valence-corrected chi connectivity index (χ0v) is 13.7. The van der Waals surface area contributed by atoms with Crippen LogP contribution in [0.25, 0.3) is 0 Å². The number of methoxy groups -OCH3 is 1. The van der Waals surface area contributed by atoms with Crippen LogP contribution in [0, 0.1) is 6.92 Å². The summed E-state index contributed by atoms with van der Waals surface area (Å²) in [7, 11) is 1.64. The SMILES string of the molecule is COc1ccc(C)cc1NCC(=O)N1CCc2sccc2C1. The van der Waals surface area contributed by atoms with Crippen molar-refractivity contribution in [3.05, 3.63) is 45.6 Å². The maximum Gasteiger partial charge on any atom is 0.242 e. The van der Waals surface area contributed by atoms with E-state index in [0.717, 1.165) is 36.5 Å². The molecule has 1 N–H and O–H groups in total. The molecule has 22 heavy (non-hydrogen) atoms. The van der Waals surface area contributed by atoms with Crippen LogP contribution in [0.3, 0.4) is 0 Å². The lowest BCUT2D eigenvalue weighted by atomic mass is 10.1. The molecular weight excluding hydrogens is 296 g/mol. The number of fused-ring (bicyclic) bond motifs is 1. The molecule has 1 aliphatic rings. The summed E-state index contributed by atoms with van der Waals surface area (Å²) in [5.41, 5.74) is 3.29. The Kier molecular flexibility index (Phi) is 4.34. The third-order valence-electron chi connectivity index (χ3n) is 3.95. The molecule has 5 heteroatoms. The molecule has 0 spiro atoms. The van der Waals surface area contributed by atoms with E-state index < -0.39 is 0 Å². The van der Waals surface area contributed by atoms with Gasteiger partial charge in [0.2, 0.25) is 5.91 Å². The summed E-state index contributed by atoms with van der Waals surface area (Å²) in [6.45, 7) is 3.84. The Morgan fingerprint density at radius 1 is 1.41 bits per heavy atom.